The first-order valence-electron chi connectivity index (χ1n) is 5.84. The van der Waals surface area contributed by atoms with Crippen molar-refractivity contribution in [3.05, 3.63) is 35.4 Å². The van der Waals surface area contributed by atoms with Crippen LogP contribution in [0.5, 0.6) is 0 Å². The molecule has 2 N–H and O–H groups in total. The predicted octanol–water partition coefficient (Wildman–Crippen LogP) is 1.42. The second kappa shape index (κ2) is 4.66. The molecular formula is C13H18N2O. The third kappa shape index (κ3) is 2.25. The van der Waals surface area contributed by atoms with Gasteiger partial charge in [0, 0.05) is 24.7 Å². The predicted molar refractivity (Wildman–Crippen MR) is 64.3 cm³/mol. The van der Waals surface area contributed by atoms with Crippen molar-refractivity contribution in [1.29, 1.82) is 0 Å². The molecule has 1 fully saturated rings. The Balaban J connectivity index is 2.01. The van der Waals surface area contributed by atoms with Crippen LogP contribution in [-0.4, -0.2) is 29.9 Å². The van der Waals surface area contributed by atoms with Crippen LogP contribution in [0.25, 0.3) is 0 Å². The SMILES string of the molecule is CCCc1ccc(C(=O)N2CC(N)C2)cc1. The number of benzene rings is 1. The van der Waals surface area contributed by atoms with Gasteiger partial charge in [0.25, 0.3) is 5.91 Å². The number of carbonyl (C=O) groups is 1. The van der Waals surface area contributed by atoms with E-state index in [9.17, 15) is 4.79 Å². The summed E-state index contributed by atoms with van der Waals surface area (Å²) < 4.78 is 0. The number of nitrogens with two attached hydrogens (primary N) is 1. The maximum atomic E-state index is 11.9. The monoisotopic (exact) mass is 218 g/mol. The van der Waals surface area contributed by atoms with Crippen LogP contribution in [0.1, 0.15) is 29.3 Å². The van der Waals surface area contributed by atoms with Crippen molar-refractivity contribution < 1.29 is 4.79 Å². The molecule has 3 nitrogen and oxygen atoms in total. The molecule has 0 aromatic heterocycles. The Morgan fingerprint density at radius 3 is 2.50 bits per heavy atom. The average molecular weight is 218 g/mol. The fourth-order valence-electron chi connectivity index (χ4n) is 1.96. The molecule has 1 aromatic carbocycles. The Morgan fingerprint density at radius 1 is 1.38 bits per heavy atom. The van der Waals surface area contributed by atoms with Crippen LogP contribution < -0.4 is 5.73 Å². The summed E-state index contributed by atoms with van der Waals surface area (Å²) in [6, 6.07) is 8.07. The Labute approximate surface area is 96.2 Å². The Kier molecular flexibility index (Phi) is 3.25. The molecule has 0 aliphatic carbocycles. The van der Waals surface area contributed by atoms with Crippen molar-refractivity contribution in [3.63, 3.8) is 0 Å². The van der Waals surface area contributed by atoms with Crippen LogP contribution in [0.2, 0.25) is 0 Å². The van der Waals surface area contributed by atoms with Crippen LogP contribution in [0.15, 0.2) is 24.3 Å². The van der Waals surface area contributed by atoms with Crippen molar-refractivity contribution in [2.45, 2.75) is 25.8 Å². The highest BCUT2D eigenvalue weighted by molar-refractivity contribution is 5.94. The first-order valence-corrected chi connectivity index (χ1v) is 5.84. The Hall–Kier alpha value is -1.35. The summed E-state index contributed by atoms with van der Waals surface area (Å²) in [6.45, 7) is 3.53. The zero-order valence-electron chi connectivity index (χ0n) is 9.65. The number of likely N-dealkylation sites (tertiary alicyclic amines) is 1. The van der Waals surface area contributed by atoms with Crippen molar-refractivity contribution in [2.75, 3.05) is 13.1 Å². The number of nitrogens with zero attached hydrogens (tertiary/aromatic N) is 1. The molecule has 0 saturated carbocycles. The summed E-state index contributed by atoms with van der Waals surface area (Å²) in [4.78, 5) is 13.7. The van der Waals surface area contributed by atoms with Crippen molar-refractivity contribution >= 4 is 5.91 Å². The van der Waals surface area contributed by atoms with Crippen LogP contribution in [0.3, 0.4) is 0 Å². The molecular weight excluding hydrogens is 200 g/mol. The highest BCUT2D eigenvalue weighted by Crippen LogP contribution is 2.13. The summed E-state index contributed by atoms with van der Waals surface area (Å²) in [5, 5.41) is 0. The van der Waals surface area contributed by atoms with Gasteiger partial charge in [0.15, 0.2) is 0 Å². The molecule has 1 aliphatic rings. The number of hydrogen-bond acceptors (Lipinski definition) is 2. The second-order valence-corrected chi connectivity index (χ2v) is 4.42. The normalized spacial score (nSPS) is 16.0. The third-order valence-corrected chi connectivity index (χ3v) is 2.94. The van der Waals surface area contributed by atoms with E-state index in [4.69, 9.17) is 5.73 Å². The molecule has 0 bridgehead atoms. The number of rotatable bonds is 3. The van der Waals surface area contributed by atoms with Crippen LogP contribution in [-0.2, 0) is 6.42 Å². The highest BCUT2D eigenvalue weighted by Gasteiger charge is 2.28. The van der Waals surface area contributed by atoms with E-state index >= 15 is 0 Å². The van der Waals surface area contributed by atoms with Gasteiger partial charge in [0.2, 0.25) is 0 Å². The lowest BCUT2D eigenvalue weighted by Crippen LogP contribution is -2.57. The van der Waals surface area contributed by atoms with E-state index in [0.717, 1.165) is 18.4 Å². The molecule has 3 heteroatoms. The number of carbonyl (C=O) groups excluding carboxylic acids is 1. The van der Waals surface area contributed by atoms with Gasteiger partial charge in [-0.1, -0.05) is 25.5 Å². The summed E-state index contributed by atoms with van der Waals surface area (Å²) >= 11 is 0. The maximum Gasteiger partial charge on any atom is 0.253 e. The van der Waals surface area contributed by atoms with E-state index in [2.05, 4.69) is 6.92 Å². The zero-order chi connectivity index (χ0) is 11.5. The molecule has 16 heavy (non-hydrogen) atoms. The van der Waals surface area contributed by atoms with Gasteiger partial charge in [-0.05, 0) is 24.1 Å². The number of amides is 1. The van der Waals surface area contributed by atoms with Gasteiger partial charge in [-0.2, -0.15) is 0 Å². The maximum absolute atomic E-state index is 11.9. The molecule has 1 saturated heterocycles. The van der Waals surface area contributed by atoms with Gasteiger partial charge in [-0.15, -0.1) is 0 Å². The Bertz CT molecular complexity index is 366. The largest absolute Gasteiger partial charge is 0.335 e. The smallest absolute Gasteiger partial charge is 0.253 e. The summed E-state index contributed by atoms with van der Waals surface area (Å²) in [5.41, 5.74) is 7.72. The molecule has 2 rings (SSSR count). The second-order valence-electron chi connectivity index (χ2n) is 4.42. The first kappa shape index (κ1) is 11.1. The van der Waals surface area contributed by atoms with Gasteiger partial charge < -0.3 is 10.6 Å². The fraction of sp³-hybridized carbons (Fsp3) is 0.462. The van der Waals surface area contributed by atoms with E-state index in [1.807, 2.05) is 24.3 Å². The minimum Gasteiger partial charge on any atom is -0.335 e. The topological polar surface area (TPSA) is 46.3 Å². The molecule has 86 valence electrons. The molecule has 1 heterocycles. The first-order chi connectivity index (χ1) is 7.70. The summed E-state index contributed by atoms with van der Waals surface area (Å²) in [6.07, 6.45) is 2.21. The lowest BCUT2D eigenvalue weighted by molar-refractivity contribution is 0.0608. The molecule has 1 amide bonds. The molecule has 0 radical (unpaired) electrons. The van der Waals surface area contributed by atoms with E-state index < -0.39 is 0 Å². The van der Waals surface area contributed by atoms with E-state index in [1.54, 1.807) is 4.90 Å². The standard InChI is InChI=1S/C13H18N2O/c1-2-3-10-4-6-11(7-5-10)13(16)15-8-12(14)9-15/h4-7,12H,2-3,8-9,14H2,1H3. The van der Waals surface area contributed by atoms with Gasteiger partial charge in [-0.25, -0.2) is 0 Å². The minimum atomic E-state index is 0.102. The quantitative estimate of drug-likeness (QED) is 0.834. The van der Waals surface area contributed by atoms with E-state index in [1.165, 1.54) is 5.56 Å². The van der Waals surface area contributed by atoms with Crippen molar-refractivity contribution in [2.24, 2.45) is 5.73 Å². The van der Waals surface area contributed by atoms with Crippen LogP contribution in [0.4, 0.5) is 0 Å². The molecule has 0 unspecified atom stereocenters. The van der Waals surface area contributed by atoms with Gasteiger partial charge >= 0.3 is 0 Å². The molecule has 1 aromatic rings. The molecule has 1 aliphatic heterocycles. The average Bonchev–Trinajstić information content (AvgIpc) is 2.25. The van der Waals surface area contributed by atoms with Gasteiger partial charge in [0.1, 0.15) is 0 Å². The van der Waals surface area contributed by atoms with E-state index in [0.29, 0.717) is 13.1 Å². The van der Waals surface area contributed by atoms with E-state index in [-0.39, 0.29) is 11.9 Å². The fourth-order valence-corrected chi connectivity index (χ4v) is 1.96. The molecule has 0 spiro atoms. The highest BCUT2D eigenvalue weighted by atomic mass is 16.2. The lowest BCUT2D eigenvalue weighted by atomic mass is 10.0. The lowest BCUT2D eigenvalue weighted by Gasteiger charge is -2.36. The van der Waals surface area contributed by atoms with Crippen LogP contribution in [0, 0.1) is 0 Å². The zero-order valence-corrected chi connectivity index (χ0v) is 9.65. The van der Waals surface area contributed by atoms with Gasteiger partial charge in [0.05, 0.1) is 0 Å². The third-order valence-electron chi connectivity index (χ3n) is 2.94. The molecule has 0 atom stereocenters. The number of hydrogen-bond donors (Lipinski definition) is 1. The summed E-state index contributed by atoms with van der Waals surface area (Å²) in [5.74, 6) is 0.102. The van der Waals surface area contributed by atoms with Crippen molar-refractivity contribution in [3.8, 4) is 0 Å². The summed E-state index contributed by atoms with van der Waals surface area (Å²) in [7, 11) is 0. The van der Waals surface area contributed by atoms with Crippen LogP contribution >= 0.6 is 0 Å². The minimum absolute atomic E-state index is 0.102. The van der Waals surface area contributed by atoms with Gasteiger partial charge in [-0.3, -0.25) is 4.79 Å². The Morgan fingerprint density at radius 2 is 2.00 bits per heavy atom. The number of aryl methyl sites for hydroxylation is 1. The van der Waals surface area contributed by atoms with Crippen molar-refractivity contribution in [1.82, 2.24) is 4.90 Å².